The average Bonchev–Trinajstić information content (AvgIpc) is 2.50. The van der Waals surface area contributed by atoms with Gasteiger partial charge in [-0.25, -0.2) is 14.2 Å². The van der Waals surface area contributed by atoms with Crippen LogP contribution in [0.5, 0.6) is 17.4 Å². The molecule has 0 amide bonds. The van der Waals surface area contributed by atoms with E-state index in [1.165, 1.54) is 18.2 Å². The molecule has 0 saturated heterocycles. The summed E-state index contributed by atoms with van der Waals surface area (Å²) in [4.78, 5) is 15.0. The topological polar surface area (TPSA) is 79.7 Å². The molecule has 1 heterocycles. The van der Waals surface area contributed by atoms with E-state index in [4.69, 9.17) is 9.84 Å². The highest BCUT2D eigenvalue weighted by Gasteiger charge is 2.19. The molecule has 0 spiro atoms. The molecule has 3 aromatic rings. The first-order valence-corrected chi connectivity index (χ1v) is 6.34. The first-order chi connectivity index (χ1) is 10.6. The monoisotopic (exact) mass is 299 g/mol. The number of fused-ring (bicyclic) bond motifs is 1. The predicted molar refractivity (Wildman–Crippen MR) is 76.8 cm³/mol. The van der Waals surface area contributed by atoms with Crippen molar-refractivity contribution in [2.24, 2.45) is 0 Å². The van der Waals surface area contributed by atoms with Crippen molar-refractivity contribution < 1.29 is 24.1 Å². The van der Waals surface area contributed by atoms with Gasteiger partial charge < -0.3 is 14.9 Å². The molecule has 0 aliphatic carbocycles. The van der Waals surface area contributed by atoms with Gasteiger partial charge in [-0.3, -0.25) is 0 Å². The number of carbonyl (C=O) groups is 1. The Morgan fingerprint density at radius 1 is 1.09 bits per heavy atom. The van der Waals surface area contributed by atoms with Crippen LogP contribution in [0.15, 0.2) is 48.5 Å². The van der Waals surface area contributed by atoms with Crippen LogP contribution in [0.25, 0.3) is 10.8 Å². The Balaban J connectivity index is 2.20. The number of rotatable bonds is 3. The Bertz CT molecular complexity index is 879. The lowest BCUT2D eigenvalue weighted by molar-refractivity contribution is 0.0686. The highest BCUT2D eigenvalue weighted by molar-refractivity contribution is 6.00. The second-order valence-electron chi connectivity index (χ2n) is 4.52. The van der Waals surface area contributed by atoms with Crippen molar-refractivity contribution in [2.45, 2.75) is 0 Å². The van der Waals surface area contributed by atoms with E-state index >= 15 is 0 Å². The molecule has 1 aromatic heterocycles. The van der Waals surface area contributed by atoms with E-state index in [0.717, 1.165) is 6.07 Å². The number of aromatic hydroxyl groups is 1. The second-order valence-corrected chi connectivity index (χ2v) is 4.52. The summed E-state index contributed by atoms with van der Waals surface area (Å²) in [6, 6.07) is 11.9. The van der Waals surface area contributed by atoms with Gasteiger partial charge in [0.15, 0.2) is 11.4 Å². The minimum absolute atomic E-state index is 0.0172. The van der Waals surface area contributed by atoms with Gasteiger partial charge in [-0.2, -0.15) is 0 Å². The molecule has 0 radical (unpaired) electrons. The fraction of sp³-hybridized carbons (Fsp3) is 0. The summed E-state index contributed by atoms with van der Waals surface area (Å²) in [6.45, 7) is 0. The van der Waals surface area contributed by atoms with Gasteiger partial charge in [-0.05, 0) is 18.2 Å². The summed E-state index contributed by atoms with van der Waals surface area (Å²) < 4.78 is 18.7. The fourth-order valence-electron chi connectivity index (χ4n) is 2.09. The van der Waals surface area contributed by atoms with E-state index in [1.807, 2.05) is 0 Å². The Hall–Kier alpha value is -3.15. The van der Waals surface area contributed by atoms with Crippen molar-refractivity contribution in [2.75, 3.05) is 0 Å². The van der Waals surface area contributed by atoms with Crippen molar-refractivity contribution in [1.29, 1.82) is 0 Å². The molecule has 0 aliphatic rings. The van der Waals surface area contributed by atoms with Crippen LogP contribution in [-0.4, -0.2) is 21.2 Å². The molecule has 3 rings (SSSR count). The van der Waals surface area contributed by atoms with Crippen molar-refractivity contribution in [3.63, 3.8) is 0 Å². The van der Waals surface area contributed by atoms with Gasteiger partial charge in [0.1, 0.15) is 11.6 Å². The maximum absolute atomic E-state index is 13.2. The number of aromatic carboxylic acids is 1. The molecule has 0 aliphatic heterocycles. The minimum Gasteiger partial charge on any atom is -0.505 e. The van der Waals surface area contributed by atoms with Gasteiger partial charge >= 0.3 is 5.97 Å². The van der Waals surface area contributed by atoms with Gasteiger partial charge in [0, 0.05) is 16.8 Å². The lowest BCUT2D eigenvalue weighted by Crippen LogP contribution is -2.03. The zero-order chi connectivity index (χ0) is 15.7. The maximum atomic E-state index is 13.2. The summed E-state index contributed by atoms with van der Waals surface area (Å²) >= 11 is 0. The van der Waals surface area contributed by atoms with Crippen LogP contribution >= 0.6 is 0 Å². The molecular formula is C16H10FNO4. The SMILES string of the molecule is O=C(O)c1nc(Oc2cccc(F)c2)c2ccccc2c1O. The number of carboxylic acid groups (broad SMARTS) is 1. The molecule has 2 N–H and O–H groups in total. The third-order valence-electron chi connectivity index (χ3n) is 3.06. The summed E-state index contributed by atoms with van der Waals surface area (Å²) in [5, 5.41) is 19.8. The molecule has 5 nitrogen and oxygen atoms in total. The lowest BCUT2D eigenvalue weighted by atomic mass is 10.1. The number of nitrogens with zero attached hydrogens (tertiary/aromatic N) is 1. The number of aromatic nitrogens is 1. The third kappa shape index (κ3) is 2.42. The highest BCUT2D eigenvalue weighted by atomic mass is 19.1. The van der Waals surface area contributed by atoms with Crippen LogP contribution in [0, 0.1) is 5.82 Å². The zero-order valence-corrected chi connectivity index (χ0v) is 11.2. The van der Waals surface area contributed by atoms with E-state index in [0.29, 0.717) is 10.8 Å². The summed E-state index contributed by atoms with van der Waals surface area (Å²) in [6.07, 6.45) is 0. The molecular weight excluding hydrogens is 289 g/mol. The number of carboxylic acids is 1. The van der Waals surface area contributed by atoms with Crippen LogP contribution in [0.1, 0.15) is 10.5 Å². The van der Waals surface area contributed by atoms with E-state index < -0.39 is 23.2 Å². The Morgan fingerprint density at radius 3 is 2.50 bits per heavy atom. The fourth-order valence-corrected chi connectivity index (χ4v) is 2.09. The first-order valence-electron chi connectivity index (χ1n) is 6.34. The summed E-state index contributed by atoms with van der Waals surface area (Å²) in [7, 11) is 0. The number of hydrogen-bond donors (Lipinski definition) is 2. The van der Waals surface area contributed by atoms with Gasteiger partial charge in [0.25, 0.3) is 0 Å². The maximum Gasteiger partial charge on any atom is 0.358 e. The standard InChI is InChI=1S/C16H10FNO4/c17-9-4-3-5-10(8-9)22-15-12-7-2-1-6-11(12)14(19)13(18-15)16(20)21/h1-8,19H,(H,20,21). The molecule has 6 heteroatoms. The number of ether oxygens (including phenoxy) is 1. The largest absolute Gasteiger partial charge is 0.505 e. The zero-order valence-electron chi connectivity index (χ0n) is 11.2. The number of hydrogen-bond acceptors (Lipinski definition) is 4. The third-order valence-corrected chi connectivity index (χ3v) is 3.06. The average molecular weight is 299 g/mol. The Labute approximate surface area is 124 Å². The highest BCUT2D eigenvalue weighted by Crippen LogP contribution is 2.35. The van der Waals surface area contributed by atoms with Crippen molar-refractivity contribution in [1.82, 2.24) is 4.98 Å². The minimum atomic E-state index is -1.38. The number of benzene rings is 2. The number of pyridine rings is 1. The van der Waals surface area contributed by atoms with E-state index in [2.05, 4.69) is 4.98 Å². The van der Waals surface area contributed by atoms with Crippen LogP contribution in [-0.2, 0) is 0 Å². The molecule has 110 valence electrons. The molecule has 0 fully saturated rings. The quantitative estimate of drug-likeness (QED) is 0.773. The molecule has 0 bridgehead atoms. The molecule has 2 aromatic carbocycles. The number of halogens is 1. The Morgan fingerprint density at radius 2 is 1.82 bits per heavy atom. The predicted octanol–water partition coefficient (Wildman–Crippen LogP) is 3.57. The van der Waals surface area contributed by atoms with Gasteiger partial charge in [-0.1, -0.05) is 24.3 Å². The van der Waals surface area contributed by atoms with Crippen LogP contribution in [0.2, 0.25) is 0 Å². The van der Waals surface area contributed by atoms with Crippen molar-refractivity contribution in [3.8, 4) is 17.4 Å². The Kier molecular flexibility index (Phi) is 3.34. The van der Waals surface area contributed by atoms with Crippen molar-refractivity contribution in [3.05, 3.63) is 60.0 Å². The van der Waals surface area contributed by atoms with Crippen LogP contribution < -0.4 is 4.74 Å². The molecule has 0 saturated carbocycles. The summed E-state index contributed by atoms with van der Waals surface area (Å²) in [5.74, 6) is -2.14. The molecule has 0 unspecified atom stereocenters. The van der Waals surface area contributed by atoms with E-state index in [1.54, 1.807) is 24.3 Å². The second kappa shape index (κ2) is 5.33. The molecule has 0 atom stereocenters. The lowest BCUT2D eigenvalue weighted by Gasteiger charge is -2.11. The van der Waals surface area contributed by atoms with Crippen LogP contribution in [0.3, 0.4) is 0 Å². The smallest absolute Gasteiger partial charge is 0.358 e. The normalized spacial score (nSPS) is 10.6. The van der Waals surface area contributed by atoms with Gasteiger partial charge in [0.05, 0.1) is 0 Å². The van der Waals surface area contributed by atoms with E-state index in [-0.39, 0.29) is 11.6 Å². The van der Waals surface area contributed by atoms with Crippen molar-refractivity contribution >= 4 is 16.7 Å². The van der Waals surface area contributed by atoms with Crippen LogP contribution in [0.4, 0.5) is 4.39 Å². The summed E-state index contributed by atoms with van der Waals surface area (Å²) in [5.41, 5.74) is -0.523. The first kappa shape index (κ1) is 13.8. The van der Waals surface area contributed by atoms with Gasteiger partial charge in [-0.15, -0.1) is 0 Å². The van der Waals surface area contributed by atoms with Gasteiger partial charge in [0.2, 0.25) is 5.88 Å². The van der Waals surface area contributed by atoms with E-state index in [9.17, 15) is 14.3 Å². The molecule has 22 heavy (non-hydrogen) atoms.